The molecule has 0 saturated heterocycles. The quantitative estimate of drug-likeness (QED) is 0.155. The summed E-state index contributed by atoms with van der Waals surface area (Å²) < 4.78 is 7.55. The zero-order valence-corrected chi connectivity index (χ0v) is 26.9. The lowest BCUT2D eigenvalue weighted by molar-refractivity contribution is 0.407. The van der Waals surface area contributed by atoms with E-state index >= 15 is 0 Å². The molecule has 0 bridgehead atoms. The van der Waals surface area contributed by atoms with Gasteiger partial charge in [-0.2, -0.15) is 0 Å². The number of nitrogens with zero attached hydrogens (tertiary/aromatic N) is 3. The molecule has 1 aromatic heterocycles. The summed E-state index contributed by atoms with van der Waals surface area (Å²) in [6.07, 6.45) is 1.91. The molecule has 0 saturated carbocycles. The van der Waals surface area contributed by atoms with E-state index in [1.54, 1.807) is 47.2 Å². The standard InChI is InChI=1S/C35H25BrCl2N4O3/c1-45-26-15-9-22(32(43)19-26)20-39-24-11-13-25(14-12-24)42-33(40-31-16-10-23(36)18-27(31)35(42)44)17-21-5-2-3-8-30(21)41-34-28(37)6-4-7-29(34)38/h2-16,18-20,41,43H,17H2,1H3. The van der Waals surface area contributed by atoms with Gasteiger partial charge in [0.15, 0.2) is 0 Å². The van der Waals surface area contributed by atoms with Gasteiger partial charge < -0.3 is 15.2 Å². The molecule has 1 heterocycles. The van der Waals surface area contributed by atoms with Crippen molar-refractivity contribution in [3.63, 3.8) is 0 Å². The van der Waals surface area contributed by atoms with Crippen LogP contribution in [0.3, 0.4) is 0 Å². The number of ether oxygens (including phenoxy) is 1. The highest BCUT2D eigenvalue weighted by atomic mass is 79.9. The second-order valence-corrected chi connectivity index (χ2v) is 11.8. The molecule has 0 aliphatic rings. The number of hydrogen-bond acceptors (Lipinski definition) is 6. The number of nitrogens with one attached hydrogen (secondary N) is 1. The molecule has 5 aromatic carbocycles. The van der Waals surface area contributed by atoms with Crippen LogP contribution in [0.15, 0.2) is 117 Å². The number of benzene rings is 5. The van der Waals surface area contributed by atoms with E-state index in [2.05, 4.69) is 26.2 Å². The van der Waals surface area contributed by atoms with Crippen LogP contribution in [0.1, 0.15) is 17.0 Å². The Hall–Kier alpha value is -4.63. The second-order valence-electron chi connectivity index (χ2n) is 10.1. The maximum Gasteiger partial charge on any atom is 0.266 e. The Morgan fingerprint density at radius 1 is 0.956 bits per heavy atom. The molecular formula is C35H25BrCl2N4O3. The lowest BCUT2D eigenvalue weighted by atomic mass is 10.1. The van der Waals surface area contributed by atoms with E-state index < -0.39 is 0 Å². The van der Waals surface area contributed by atoms with Crippen molar-refractivity contribution < 1.29 is 9.84 Å². The molecule has 6 rings (SSSR count). The number of phenolic OH excluding ortho intramolecular Hbond substituents is 1. The third-order valence-electron chi connectivity index (χ3n) is 7.19. The number of para-hydroxylation sites is 2. The monoisotopic (exact) mass is 698 g/mol. The molecular weight excluding hydrogens is 675 g/mol. The average molecular weight is 700 g/mol. The number of aromatic hydroxyl groups is 1. The minimum Gasteiger partial charge on any atom is -0.507 e. The van der Waals surface area contributed by atoms with Gasteiger partial charge in [-0.15, -0.1) is 0 Å². The zero-order chi connectivity index (χ0) is 31.5. The summed E-state index contributed by atoms with van der Waals surface area (Å²) in [5, 5.41) is 15.1. The maximum absolute atomic E-state index is 14.0. The number of methoxy groups -OCH3 is 1. The van der Waals surface area contributed by atoms with Crippen LogP contribution in [0.4, 0.5) is 17.1 Å². The highest BCUT2D eigenvalue weighted by molar-refractivity contribution is 9.10. The van der Waals surface area contributed by atoms with Crippen molar-refractivity contribution in [2.24, 2.45) is 4.99 Å². The first-order valence-corrected chi connectivity index (χ1v) is 15.4. The van der Waals surface area contributed by atoms with Crippen LogP contribution in [-0.2, 0) is 6.42 Å². The molecule has 0 radical (unpaired) electrons. The Kier molecular flexibility index (Phi) is 8.89. The number of aromatic nitrogens is 2. The number of aliphatic imine (C=N–C) groups is 1. The number of rotatable bonds is 8. The minimum atomic E-state index is -0.199. The molecule has 7 nitrogen and oxygen atoms in total. The zero-order valence-electron chi connectivity index (χ0n) is 23.8. The van der Waals surface area contributed by atoms with E-state index in [-0.39, 0.29) is 11.3 Å². The van der Waals surface area contributed by atoms with Crippen LogP contribution in [-0.4, -0.2) is 28.0 Å². The van der Waals surface area contributed by atoms with E-state index in [0.29, 0.717) is 61.6 Å². The molecule has 10 heteroatoms. The number of hydrogen-bond donors (Lipinski definition) is 2. The predicted molar refractivity (Wildman–Crippen MR) is 186 cm³/mol. The molecule has 2 N–H and O–H groups in total. The van der Waals surface area contributed by atoms with Gasteiger partial charge in [-0.25, -0.2) is 4.98 Å². The number of fused-ring (bicyclic) bond motifs is 1. The largest absolute Gasteiger partial charge is 0.507 e. The van der Waals surface area contributed by atoms with Gasteiger partial charge in [-0.1, -0.05) is 63.4 Å². The second kappa shape index (κ2) is 13.2. The summed E-state index contributed by atoms with van der Waals surface area (Å²) in [6, 6.07) is 30.8. The Labute approximate surface area is 277 Å². The molecule has 45 heavy (non-hydrogen) atoms. The summed E-state index contributed by atoms with van der Waals surface area (Å²) in [6.45, 7) is 0. The minimum absolute atomic E-state index is 0.0610. The number of anilines is 2. The Balaban J connectivity index is 1.39. The summed E-state index contributed by atoms with van der Waals surface area (Å²) in [5.41, 5.74) is 4.50. The van der Waals surface area contributed by atoms with E-state index in [4.69, 9.17) is 32.9 Å². The van der Waals surface area contributed by atoms with Crippen LogP contribution in [0.5, 0.6) is 11.5 Å². The van der Waals surface area contributed by atoms with Gasteiger partial charge in [-0.3, -0.25) is 14.4 Å². The SMILES string of the molecule is COc1ccc(C=Nc2ccc(-n3c(Cc4ccccc4Nc4c(Cl)cccc4Cl)nc4ccc(Br)cc4c3=O)cc2)c(O)c1. The maximum atomic E-state index is 14.0. The fourth-order valence-electron chi connectivity index (χ4n) is 4.90. The normalized spacial score (nSPS) is 11.3. The van der Waals surface area contributed by atoms with Crippen LogP contribution in [0.25, 0.3) is 16.6 Å². The Morgan fingerprint density at radius 3 is 2.44 bits per heavy atom. The van der Waals surface area contributed by atoms with E-state index in [0.717, 1.165) is 15.7 Å². The topological polar surface area (TPSA) is 88.7 Å². The first-order chi connectivity index (χ1) is 21.8. The Morgan fingerprint density at radius 2 is 1.71 bits per heavy atom. The summed E-state index contributed by atoms with van der Waals surface area (Å²) in [5.74, 6) is 1.16. The average Bonchev–Trinajstić information content (AvgIpc) is 3.04. The molecule has 0 spiro atoms. The fourth-order valence-corrected chi connectivity index (χ4v) is 5.75. The third-order valence-corrected chi connectivity index (χ3v) is 8.31. The lowest BCUT2D eigenvalue weighted by Gasteiger charge is -2.17. The van der Waals surface area contributed by atoms with E-state index in [1.807, 2.05) is 60.7 Å². The molecule has 0 aliphatic heterocycles. The van der Waals surface area contributed by atoms with Crippen molar-refractivity contribution >= 4 is 73.3 Å². The highest BCUT2D eigenvalue weighted by Crippen LogP contribution is 2.34. The predicted octanol–water partition coefficient (Wildman–Crippen LogP) is 9.25. The van der Waals surface area contributed by atoms with Gasteiger partial charge in [0.2, 0.25) is 0 Å². The summed E-state index contributed by atoms with van der Waals surface area (Å²) >= 11 is 16.4. The smallest absolute Gasteiger partial charge is 0.266 e. The van der Waals surface area contributed by atoms with Crippen LogP contribution in [0.2, 0.25) is 10.0 Å². The van der Waals surface area contributed by atoms with Gasteiger partial charge in [0, 0.05) is 34.4 Å². The van der Waals surface area contributed by atoms with Crippen molar-refractivity contribution in [3.05, 3.63) is 145 Å². The van der Waals surface area contributed by atoms with Gasteiger partial charge in [0.1, 0.15) is 17.3 Å². The van der Waals surface area contributed by atoms with Gasteiger partial charge in [-0.05, 0) is 78.4 Å². The van der Waals surface area contributed by atoms with Crippen molar-refractivity contribution in [1.82, 2.24) is 9.55 Å². The van der Waals surface area contributed by atoms with Crippen LogP contribution >= 0.6 is 39.1 Å². The van der Waals surface area contributed by atoms with Crippen molar-refractivity contribution in [1.29, 1.82) is 0 Å². The third kappa shape index (κ3) is 6.59. The Bertz CT molecular complexity index is 2110. The fraction of sp³-hybridized carbons (Fsp3) is 0.0571. The highest BCUT2D eigenvalue weighted by Gasteiger charge is 2.16. The van der Waals surface area contributed by atoms with Crippen molar-refractivity contribution in [2.75, 3.05) is 12.4 Å². The van der Waals surface area contributed by atoms with Gasteiger partial charge >= 0.3 is 0 Å². The number of halogens is 3. The first-order valence-electron chi connectivity index (χ1n) is 13.8. The van der Waals surface area contributed by atoms with E-state index in [9.17, 15) is 9.90 Å². The van der Waals surface area contributed by atoms with Gasteiger partial charge in [0.25, 0.3) is 5.56 Å². The van der Waals surface area contributed by atoms with Crippen LogP contribution < -0.4 is 15.6 Å². The van der Waals surface area contributed by atoms with Crippen LogP contribution in [0, 0.1) is 0 Å². The molecule has 0 amide bonds. The molecule has 224 valence electrons. The van der Waals surface area contributed by atoms with E-state index in [1.165, 1.54) is 13.2 Å². The molecule has 0 atom stereocenters. The summed E-state index contributed by atoms with van der Waals surface area (Å²) in [4.78, 5) is 23.5. The number of phenols is 1. The van der Waals surface area contributed by atoms with Crippen molar-refractivity contribution in [2.45, 2.75) is 6.42 Å². The van der Waals surface area contributed by atoms with Gasteiger partial charge in [0.05, 0.1) is 45.1 Å². The first kappa shape index (κ1) is 30.4. The molecule has 0 unspecified atom stereocenters. The lowest BCUT2D eigenvalue weighted by Crippen LogP contribution is -2.24. The molecule has 0 fully saturated rings. The molecule has 0 aliphatic carbocycles. The molecule has 6 aromatic rings. The van der Waals surface area contributed by atoms with Crippen molar-refractivity contribution in [3.8, 4) is 17.2 Å². The summed E-state index contributed by atoms with van der Waals surface area (Å²) in [7, 11) is 1.54.